The van der Waals surface area contributed by atoms with Crippen molar-refractivity contribution >= 4 is 53.7 Å². The Labute approximate surface area is 192 Å². The molecule has 0 atom stereocenters. The first-order valence-corrected chi connectivity index (χ1v) is 11.0. The number of aromatic nitrogens is 2. The van der Waals surface area contributed by atoms with Gasteiger partial charge in [0.05, 0.1) is 21.4 Å². The molecular weight excluding hydrogens is 564 g/mol. The summed E-state index contributed by atoms with van der Waals surface area (Å²) in [6, 6.07) is 22.5. The molecule has 0 aliphatic heterocycles. The number of benzene rings is 3. The number of carbonyl (C=O) groups excluding carboxylic acids is 1. The molecule has 0 amide bonds. The van der Waals surface area contributed by atoms with Crippen molar-refractivity contribution in [2.24, 2.45) is 0 Å². The smallest absolute Gasteiger partial charge is 0.268 e. The van der Waals surface area contributed by atoms with Crippen LogP contribution in [0.3, 0.4) is 0 Å². The first kappa shape index (κ1) is 20.1. The maximum Gasteiger partial charge on any atom is 0.268 e. The second kappa shape index (κ2) is 8.26. The summed E-state index contributed by atoms with van der Waals surface area (Å²) in [4.78, 5) is 18.2. The Kier molecular flexibility index (Phi) is 5.72. The zero-order valence-electron chi connectivity index (χ0n) is 14.8. The van der Waals surface area contributed by atoms with E-state index in [1.165, 1.54) is 4.57 Å². The molecule has 1 heterocycles. The Morgan fingerprint density at radius 3 is 2.07 bits per heavy atom. The number of phenolic OH excluding ortho intramolecular Hbond substituents is 1. The fraction of sp³-hybridized carbons (Fsp3) is 0. The molecule has 0 aliphatic rings. The van der Waals surface area contributed by atoms with Crippen LogP contribution in [0.5, 0.6) is 5.75 Å². The molecule has 4 aromatic rings. The van der Waals surface area contributed by atoms with Gasteiger partial charge in [0.25, 0.3) is 5.91 Å². The van der Waals surface area contributed by atoms with E-state index in [9.17, 15) is 9.90 Å². The molecule has 29 heavy (non-hydrogen) atoms. The van der Waals surface area contributed by atoms with Crippen molar-refractivity contribution in [2.45, 2.75) is 0 Å². The van der Waals surface area contributed by atoms with Crippen molar-refractivity contribution in [1.82, 2.24) is 9.55 Å². The lowest BCUT2D eigenvalue weighted by atomic mass is 10.0. The number of imidazole rings is 1. The fourth-order valence-electron chi connectivity index (χ4n) is 3.09. The van der Waals surface area contributed by atoms with Gasteiger partial charge in [-0.25, -0.2) is 4.98 Å². The van der Waals surface area contributed by atoms with Crippen molar-refractivity contribution in [3.05, 3.63) is 92.0 Å². The molecule has 7 heteroatoms. The average molecular weight is 577 g/mol. The molecule has 1 N–H and O–H groups in total. The van der Waals surface area contributed by atoms with Gasteiger partial charge in [-0.2, -0.15) is 0 Å². The van der Waals surface area contributed by atoms with E-state index >= 15 is 0 Å². The first-order valence-electron chi connectivity index (χ1n) is 8.59. The second-order valence-electron chi connectivity index (χ2n) is 6.23. The van der Waals surface area contributed by atoms with Gasteiger partial charge in [-0.05, 0) is 44.0 Å². The number of nitrogens with zero attached hydrogens (tertiary/aromatic N) is 2. The molecule has 4 rings (SSSR count). The largest absolute Gasteiger partial charge is 0.506 e. The Morgan fingerprint density at radius 2 is 1.45 bits per heavy atom. The summed E-state index contributed by atoms with van der Waals surface area (Å²) < 4.78 is 2.93. The summed E-state index contributed by atoms with van der Waals surface area (Å²) >= 11 is 10.1. The van der Waals surface area contributed by atoms with Gasteiger partial charge in [0.2, 0.25) is 0 Å². The Morgan fingerprint density at radius 1 is 0.862 bits per heavy atom. The van der Waals surface area contributed by atoms with Crippen LogP contribution < -0.4 is 0 Å². The van der Waals surface area contributed by atoms with Crippen molar-refractivity contribution in [2.75, 3.05) is 0 Å². The minimum Gasteiger partial charge on any atom is -0.506 e. The SMILES string of the molecule is O=C(c1cc(Br)cc(Br)c1O)n1c(Br)nc(-c2ccccc2)c1-c1ccccc1. The average Bonchev–Trinajstić information content (AvgIpc) is 3.08. The molecule has 0 spiro atoms. The van der Waals surface area contributed by atoms with Gasteiger partial charge in [0, 0.05) is 15.6 Å². The third-order valence-electron chi connectivity index (χ3n) is 4.39. The Bertz CT molecular complexity index is 1210. The molecule has 3 aromatic carbocycles. The minimum absolute atomic E-state index is 0.126. The van der Waals surface area contributed by atoms with Gasteiger partial charge in [-0.3, -0.25) is 9.36 Å². The van der Waals surface area contributed by atoms with E-state index < -0.39 is 5.91 Å². The maximum atomic E-state index is 13.5. The van der Waals surface area contributed by atoms with Gasteiger partial charge >= 0.3 is 0 Å². The van der Waals surface area contributed by atoms with E-state index in [0.717, 1.165) is 11.1 Å². The Balaban J connectivity index is 2.00. The third kappa shape index (κ3) is 3.82. The zero-order valence-corrected chi connectivity index (χ0v) is 19.6. The highest BCUT2D eigenvalue weighted by molar-refractivity contribution is 9.11. The van der Waals surface area contributed by atoms with Crippen molar-refractivity contribution in [3.63, 3.8) is 0 Å². The summed E-state index contributed by atoms with van der Waals surface area (Å²) in [5, 5.41) is 10.5. The molecule has 144 valence electrons. The van der Waals surface area contributed by atoms with Crippen molar-refractivity contribution < 1.29 is 9.90 Å². The van der Waals surface area contributed by atoms with Crippen LogP contribution >= 0.6 is 47.8 Å². The number of aromatic hydroxyl groups is 1. The first-order chi connectivity index (χ1) is 14.0. The molecule has 4 nitrogen and oxygen atoms in total. The summed E-state index contributed by atoms with van der Waals surface area (Å²) in [7, 11) is 0. The summed E-state index contributed by atoms with van der Waals surface area (Å²) in [5.41, 5.74) is 3.19. The monoisotopic (exact) mass is 574 g/mol. The summed E-state index contributed by atoms with van der Waals surface area (Å²) in [6.45, 7) is 0. The van der Waals surface area contributed by atoms with Crippen molar-refractivity contribution in [1.29, 1.82) is 0 Å². The number of halogens is 3. The molecule has 0 saturated heterocycles. The summed E-state index contributed by atoms with van der Waals surface area (Å²) in [6.07, 6.45) is 0. The van der Waals surface area contributed by atoms with Crippen LogP contribution in [0.1, 0.15) is 10.4 Å². The van der Waals surface area contributed by atoms with Crippen molar-refractivity contribution in [3.8, 4) is 28.3 Å². The van der Waals surface area contributed by atoms with Crippen LogP contribution in [-0.2, 0) is 0 Å². The number of hydrogen-bond donors (Lipinski definition) is 1. The van der Waals surface area contributed by atoms with E-state index in [2.05, 4.69) is 52.8 Å². The van der Waals surface area contributed by atoms with Crippen LogP contribution in [0.15, 0.2) is 86.5 Å². The standard InChI is InChI=1S/C22H13Br3N2O2/c23-15-11-16(20(28)17(24)12-15)21(29)27-19(14-9-5-2-6-10-14)18(26-22(27)25)13-7-3-1-4-8-13/h1-12,28H. The van der Waals surface area contributed by atoms with E-state index in [1.54, 1.807) is 12.1 Å². The van der Waals surface area contributed by atoms with Gasteiger partial charge in [0.15, 0.2) is 4.73 Å². The van der Waals surface area contributed by atoms with Crippen LogP contribution in [0, 0.1) is 0 Å². The molecule has 0 unspecified atom stereocenters. The molecule has 0 fully saturated rings. The molecule has 0 aliphatic carbocycles. The number of carbonyl (C=O) groups is 1. The maximum absolute atomic E-state index is 13.5. The summed E-state index contributed by atoms with van der Waals surface area (Å²) in [5.74, 6) is -0.524. The van der Waals surface area contributed by atoms with E-state index in [0.29, 0.717) is 25.1 Å². The Hall–Kier alpha value is -2.22. The topological polar surface area (TPSA) is 55.1 Å². The molecule has 0 bridgehead atoms. The number of phenols is 1. The molecule has 0 radical (unpaired) electrons. The normalized spacial score (nSPS) is 10.9. The van der Waals surface area contributed by atoms with Crippen LogP contribution in [0.25, 0.3) is 22.5 Å². The van der Waals surface area contributed by atoms with Crippen LogP contribution in [0.2, 0.25) is 0 Å². The van der Waals surface area contributed by atoms with Crippen LogP contribution in [0.4, 0.5) is 0 Å². The van der Waals surface area contributed by atoms with Crippen LogP contribution in [-0.4, -0.2) is 20.6 Å². The van der Waals surface area contributed by atoms with Gasteiger partial charge in [-0.15, -0.1) is 0 Å². The third-order valence-corrected chi connectivity index (χ3v) is 5.99. The quantitative estimate of drug-likeness (QED) is 0.289. The van der Waals surface area contributed by atoms with Gasteiger partial charge in [-0.1, -0.05) is 76.6 Å². The van der Waals surface area contributed by atoms with Gasteiger partial charge < -0.3 is 5.11 Å². The van der Waals surface area contributed by atoms with E-state index in [4.69, 9.17) is 0 Å². The predicted octanol–water partition coefficient (Wildman–Crippen LogP) is 6.90. The molecule has 1 aromatic heterocycles. The zero-order chi connectivity index (χ0) is 20.5. The molecule has 0 saturated carbocycles. The number of hydrogen-bond acceptors (Lipinski definition) is 3. The highest BCUT2D eigenvalue weighted by Gasteiger charge is 2.26. The lowest BCUT2D eigenvalue weighted by Crippen LogP contribution is -2.14. The minimum atomic E-state index is -0.398. The predicted molar refractivity (Wildman–Crippen MR) is 124 cm³/mol. The van der Waals surface area contributed by atoms with Gasteiger partial charge in [0.1, 0.15) is 5.75 Å². The second-order valence-corrected chi connectivity index (χ2v) is 8.71. The fourth-order valence-corrected chi connectivity index (χ4v) is 4.83. The highest BCUT2D eigenvalue weighted by atomic mass is 79.9. The number of rotatable bonds is 3. The lowest BCUT2D eigenvalue weighted by molar-refractivity contribution is 0.0956. The molecular formula is C22H13Br3N2O2. The van der Waals surface area contributed by atoms with E-state index in [-0.39, 0.29) is 11.3 Å². The highest BCUT2D eigenvalue weighted by Crippen LogP contribution is 2.37. The van der Waals surface area contributed by atoms with E-state index in [1.807, 2.05) is 60.7 Å². The lowest BCUT2D eigenvalue weighted by Gasteiger charge is -2.12.